The lowest BCUT2D eigenvalue weighted by atomic mass is 9.76. The number of nitrogens with one attached hydrogen (secondary N) is 2. The number of carbonyl (C=O) groups is 3. The fourth-order valence-electron chi connectivity index (χ4n) is 1.63. The summed E-state index contributed by atoms with van der Waals surface area (Å²) in [4.78, 5) is 34.9. The predicted octanol–water partition coefficient (Wildman–Crippen LogP) is 1.15. The Morgan fingerprint density at radius 3 is 1.90 bits per heavy atom. The van der Waals surface area contributed by atoms with Crippen LogP contribution in [0.1, 0.15) is 48.0 Å². The fraction of sp³-hybridized carbons (Fsp3) is 0.786. The molecule has 0 aliphatic carbocycles. The molecule has 6 nitrogen and oxygen atoms in total. The van der Waals surface area contributed by atoms with Gasteiger partial charge in [-0.1, -0.05) is 13.8 Å². The van der Waals surface area contributed by atoms with Crippen molar-refractivity contribution in [2.45, 2.75) is 60.0 Å². The van der Waals surface area contributed by atoms with Crippen molar-refractivity contribution in [3.63, 3.8) is 0 Å². The summed E-state index contributed by atoms with van der Waals surface area (Å²) in [5.41, 5.74) is -1.14. The van der Waals surface area contributed by atoms with Crippen molar-refractivity contribution in [2.75, 3.05) is 0 Å². The smallest absolute Gasteiger partial charge is 0.310 e. The number of amides is 2. The lowest BCUT2D eigenvalue weighted by molar-refractivity contribution is -0.153. The summed E-state index contributed by atoms with van der Waals surface area (Å²) >= 11 is 0. The average Bonchev–Trinajstić information content (AvgIpc) is 2.26. The summed E-state index contributed by atoms with van der Waals surface area (Å²) < 4.78 is 0. The van der Waals surface area contributed by atoms with Crippen molar-refractivity contribution >= 4 is 17.8 Å². The highest BCUT2D eigenvalue weighted by atomic mass is 16.4. The van der Waals surface area contributed by atoms with E-state index in [0.29, 0.717) is 0 Å². The fourth-order valence-corrected chi connectivity index (χ4v) is 1.63. The van der Waals surface area contributed by atoms with E-state index in [9.17, 15) is 19.5 Å². The minimum Gasteiger partial charge on any atom is -0.481 e. The van der Waals surface area contributed by atoms with E-state index in [1.54, 1.807) is 27.7 Å². The second-order valence-corrected chi connectivity index (χ2v) is 6.01. The molecule has 0 spiro atoms. The van der Waals surface area contributed by atoms with Crippen LogP contribution in [0.3, 0.4) is 0 Å². The van der Waals surface area contributed by atoms with Crippen LogP contribution >= 0.6 is 0 Å². The zero-order valence-corrected chi connectivity index (χ0v) is 13.1. The molecule has 0 aliphatic heterocycles. The summed E-state index contributed by atoms with van der Waals surface area (Å²) in [6.45, 7) is 10.3. The number of carboxylic acids is 1. The van der Waals surface area contributed by atoms with Gasteiger partial charge in [-0.05, 0) is 33.6 Å². The number of carbonyl (C=O) groups excluding carboxylic acids is 2. The van der Waals surface area contributed by atoms with Crippen molar-refractivity contribution in [1.82, 2.24) is 10.6 Å². The summed E-state index contributed by atoms with van der Waals surface area (Å²) in [5, 5.41) is 14.5. The first-order valence-corrected chi connectivity index (χ1v) is 6.83. The molecule has 6 heteroatoms. The first-order valence-electron chi connectivity index (χ1n) is 6.83. The molecular formula is C14H26N2O4. The van der Waals surface area contributed by atoms with Crippen LogP contribution in [0.15, 0.2) is 0 Å². The molecule has 0 saturated heterocycles. The molecule has 0 rings (SSSR count). The summed E-state index contributed by atoms with van der Waals surface area (Å²) in [7, 11) is 0. The van der Waals surface area contributed by atoms with Gasteiger partial charge in [0.15, 0.2) is 0 Å². The molecule has 0 radical (unpaired) electrons. The Morgan fingerprint density at radius 1 is 1.05 bits per heavy atom. The quantitative estimate of drug-likeness (QED) is 0.654. The lowest BCUT2D eigenvalue weighted by Crippen LogP contribution is -2.48. The zero-order valence-electron chi connectivity index (χ0n) is 13.1. The molecule has 116 valence electrons. The van der Waals surface area contributed by atoms with Gasteiger partial charge in [-0.3, -0.25) is 14.4 Å². The normalized spacial score (nSPS) is 15.6. The molecule has 0 aromatic heterocycles. The van der Waals surface area contributed by atoms with Gasteiger partial charge in [-0.2, -0.15) is 0 Å². The van der Waals surface area contributed by atoms with E-state index >= 15 is 0 Å². The molecule has 2 unspecified atom stereocenters. The maximum absolute atomic E-state index is 11.9. The molecule has 0 saturated carbocycles. The van der Waals surface area contributed by atoms with Crippen molar-refractivity contribution in [3.05, 3.63) is 0 Å². The van der Waals surface area contributed by atoms with Gasteiger partial charge in [-0.25, -0.2) is 0 Å². The third kappa shape index (κ3) is 5.19. The van der Waals surface area contributed by atoms with E-state index in [1.807, 2.05) is 13.8 Å². The summed E-state index contributed by atoms with van der Waals surface area (Å²) in [5.74, 6) is -1.92. The second kappa shape index (κ2) is 7.26. The van der Waals surface area contributed by atoms with Gasteiger partial charge in [0, 0.05) is 12.5 Å². The van der Waals surface area contributed by atoms with Crippen LogP contribution in [-0.4, -0.2) is 35.0 Å². The molecule has 0 fully saturated rings. The highest BCUT2D eigenvalue weighted by molar-refractivity contribution is 5.89. The summed E-state index contributed by atoms with van der Waals surface area (Å²) in [6, 6.07) is -0.697. The van der Waals surface area contributed by atoms with E-state index in [0.717, 1.165) is 0 Å². The number of hydrogen-bond donors (Lipinski definition) is 3. The maximum atomic E-state index is 11.9. The monoisotopic (exact) mass is 286 g/mol. The van der Waals surface area contributed by atoms with Crippen LogP contribution in [-0.2, 0) is 14.4 Å². The Bertz CT molecular complexity index is 379. The molecular weight excluding hydrogens is 260 g/mol. The summed E-state index contributed by atoms with van der Waals surface area (Å²) in [6.07, 6.45) is -0.153. The lowest BCUT2D eigenvalue weighted by Gasteiger charge is -2.28. The van der Waals surface area contributed by atoms with Crippen molar-refractivity contribution in [1.29, 1.82) is 0 Å². The largest absolute Gasteiger partial charge is 0.481 e. The predicted molar refractivity (Wildman–Crippen MR) is 76.1 cm³/mol. The molecule has 2 atom stereocenters. The Balaban J connectivity index is 4.63. The van der Waals surface area contributed by atoms with Gasteiger partial charge < -0.3 is 15.7 Å². The zero-order chi connectivity index (χ0) is 16.1. The van der Waals surface area contributed by atoms with Gasteiger partial charge >= 0.3 is 5.97 Å². The highest BCUT2D eigenvalue weighted by Crippen LogP contribution is 2.31. The first-order chi connectivity index (χ1) is 9.00. The van der Waals surface area contributed by atoms with Crippen LogP contribution in [0.4, 0.5) is 0 Å². The topological polar surface area (TPSA) is 95.5 Å². The Morgan fingerprint density at radius 2 is 1.55 bits per heavy atom. The molecule has 0 heterocycles. The van der Waals surface area contributed by atoms with Crippen LogP contribution in [0, 0.1) is 11.3 Å². The maximum Gasteiger partial charge on any atom is 0.310 e. The third-order valence-electron chi connectivity index (χ3n) is 3.49. The minimum atomic E-state index is -1.14. The van der Waals surface area contributed by atoms with Gasteiger partial charge in [0.1, 0.15) is 6.04 Å². The van der Waals surface area contributed by atoms with Crippen molar-refractivity contribution in [3.8, 4) is 0 Å². The second-order valence-electron chi connectivity index (χ2n) is 6.01. The van der Waals surface area contributed by atoms with E-state index in [-0.39, 0.29) is 24.3 Å². The molecule has 2 amide bonds. The number of hydrogen-bond acceptors (Lipinski definition) is 3. The van der Waals surface area contributed by atoms with Crippen LogP contribution in [0.2, 0.25) is 0 Å². The number of carboxylic acid groups (broad SMARTS) is 1. The van der Waals surface area contributed by atoms with Gasteiger partial charge in [-0.15, -0.1) is 0 Å². The van der Waals surface area contributed by atoms with Crippen molar-refractivity contribution in [2.24, 2.45) is 11.3 Å². The highest BCUT2D eigenvalue weighted by Gasteiger charge is 2.39. The third-order valence-corrected chi connectivity index (χ3v) is 3.49. The van der Waals surface area contributed by atoms with Gasteiger partial charge in [0.2, 0.25) is 11.8 Å². The molecule has 3 N–H and O–H groups in total. The van der Waals surface area contributed by atoms with Crippen LogP contribution < -0.4 is 10.6 Å². The number of rotatable bonds is 7. The van der Waals surface area contributed by atoms with Crippen LogP contribution in [0.25, 0.3) is 0 Å². The van der Waals surface area contributed by atoms with Crippen molar-refractivity contribution < 1.29 is 19.5 Å². The van der Waals surface area contributed by atoms with Gasteiger partial charge in [0.25, 0.3) is 0 Å². The molecule has 0 aromatic rings. The number of aliphatic carboxylic acids is 1. The molecule has 0 bridgehead atoms. The Kier molecular flexibility index (Phi) is 6.68. The SMILES string of the molecule is CC(C)NC(=O)C(C)NC(=O)CC(C)(C(=O)O)C(C)C. The molecule has 20 heavy (non-hydrogen) atoms. The van der Waals surface area contributed by atoms with Crippen LogP contribution in [0.5, 0.6) is 0 Å². The van der Waals surface area contributed by atoms with E-state index in [2.05, 4.69) is 10.6 Å². The average molecular weight is 286 g/mol. The van der Waals surface area contributed by atoms with E-state index in [1.165, 1.54) is 0 Å². The van der Waals surface area contributed by atoms with E-state index < -0.39 is 23.3 Å². The van der Waals surface area contributed by atoms with Gasteiger partial charge in [0.05, 0.1) is 5.41 Å². The minimum absolute atomic E-state index is 0.0122. The molecule has 0 aromatic carbocycles. The standard InChI is InChI=1S/C14H26N2O4/c1-8(2)14(6,13(19)20)7-11(17)16-10(5)12(18)15-9(3)4/h8-10H,7H2,1-6H3,(H,15,18)(H,16,17)(H,19,20). The molecule has 0 aliphatic rings. The Hall–Kier alpha value is -1.59. The Labute approximate surface area is 120 Å². The van der Waals surface area contributed by atoms with E-state index in [4.69, 9.17) is 0 Å². The first kappa shape index (κ1) is 18.4.